The smallest absolute Gasteiger partial charge is 0.310 e. The summed E-state index contributed by atoms with van der Waals surface area (Å²) in [5.41, 5.74) is 0.954. The van der Waals surface area contributed by atoms with Crippen molar-refractivity contribution < 1.29 is 19.1 Å². The predicted molar refractivity (Wildman–Crippen MR) is 70.8 cm³/mol. The van der Waals surface area contributed by atoms with E-state index >= 15 is 0 Å². The zero-order valence-corrected chi connectivity index (χ0v) is 11.2. The zero-order valence-electron chi connectivity index (χ0n) is 11.2. The number of hydrogen-bond acceptors (Lipinski definition) is 8. The highest BCUT2D eigenvalue weighted by atomic mass is 16.6. The van der Waals surface area contributed by atoms with Crippen LogP contribution in [0.15, 0.2) is 16.8 Å². The summed E-state index contributed by atoms with van der Waals surface area (Å²) >= 11 is 0. The van der Waals surface area contributed by atoms with Crippen LogP contribution in [0.4, 0.5) is 11.4 Å². The maximum absolute atomic E-state index is 11.6. The lowest BCUT2D eigenvalue weighted by atomic mass is 10.1. The summed E-state index contributed by atoms with van der Waals surface area (Å²) in [6.45, 7) is 1.12. The van der Waals surface area contributed by atoms with Gasteiger partial charge in [-0.25, -0.2) is 4.63 Å². The number of non-ortho nitro benzene ring substituents is 1. The van der Waals surface area contributed by atoms with Gasteiger partial charge in [-0.05, 0) is 22.8 Å². The largest absolute Gasteiger partial charge is 0.469 e. The number of ether oxygens (including phenoxy) is 1. The average molecular weight is 292 g/mol. The molecule has 9 heteroatoms. The van der Waals surface area contributed by atoms with Crippen molar-refractivity contribution in [3.63, 3.8) is 0 Å². The van der Waals surface area contributed by atoms with E-state index in [1.807, 2.05) is 4.90 Å². The number of carbonyl (C=O) groups is 1. The standard InChI is InChI=1S/C12H12N4O5/c1-20-12(17)7-4-5-15(6-7)8-2-3-9(16(18)19)11-10(8)13-21-14-11/h2-3,7H,4-6H2,1H3. The van der Waals surface area contributed by atoms with Crippen LogP contribution >= 0.6 is 0 Å². The van der Waals surface area contributed by atoms with Crippen LogP contribution in [0, 0.1) is 16.0 Å². The third-order valence-corrected chi connectivity index (χ3v) is 3.63. The Balaban J connectivity index is 1.96. The van der Waals surface area contributed by atoms with Crippen molar-refractivity contribution in [3.05, 3.63) is 22.2 Å². The Labute approximate surface area is 118 Å². The zero-order chi connectivity index (χ0) is 15.0. The second-order valence-corrected chi connectivity index (χ2v) is 4.78. The number of nitro benzene ring substituents is 1. The van der Waals surface area contributed by atoms with E-state index in [-0.39, 0.29) is 23.1 Å². The first-order valence-electron chi connectivity index (χ1n) is 6.34. The van der Waals surface area contributed by atoms with Crippen LogP contribution < -0.4 is 4.90 Å². The van der Waals surface area contributed by atoms with E-state index in [0.717, 1.165) is 0 Å². The Morgan fingerprint density at radius 2 is 2.24 bits per heavy atom. The number of nitrogens with zero attached hydrogens (tertiary/aromatic N) is 4. The van der Waals surface area contributed by atoms with Crippen LogP contribution in [-0.2, 0) is 9.53 Å². The number of nitro groups is 1. The summed E-state index contributed by atoms with van der Waals surface area (Å²) in [5.74, 6) is -0.464. The molecule has 2 heterocycles. The van der Waals surface area contributed by atoms with Gasteiger partial charge in [-0.15, -0.1) is 0 Å². The lowest BCUT2D eigenvalue weighted by Gasteiger charge is -2.17. The molecule has 1 atom stereocenters. The molecule has 1 aliphatic heterocycles. The lowest BCUT2D eigenvalue weighted by Crippen LogP contribution is -2.23. The van der Waals surface area contributed by atoms with E-state index in [1.54, 1.807) is 6.07 Å². The number of anilines is 1. The van der Waals surface area contributed by atoms with E-state index in [4.69, 9.17) is 4.74 Å². The third-order valence-electron chi connectivity index (χ3n) is 3.63. The molecule has 0 radical (unpaired) electrons. The molecule has 2 aromatic rings. The molecule has 9 nitrogen and oxygen atoms in total. The van der Waals surface area contributed by atoms with Crippen LogP contribution in [0.2, 0.25) is 0 Å². The molecule has 0 N–H and O–H groups in total. The summed E-state index contributed by atoms with van der Waals surface area (Å²) in [6.07, 6.45) is 0.663. The quantitative estimate of drug-likeness (QED) is 0.470. The molecule has 0 bridgehead atoms. The van der Waals surface area contributed by atoms with Gasteiger partial charge < -0.3 is 9.64 Å². The molecule has 1 unspecified atom stereocenters. The fraction of sp³-hybridized carbons (Fsp3) is 0.417. The van der Waals surface area contributed by atoms with Gasteiger partial charge in [0, 0.05) is 19.2 Å². The first-order chi connectivity index (χ1) is 10.1. The van der Waals surface area contributed by atoms with Gasteiger partial charge in [0.2, 0.25) is 5.52 Å². The van der Waals surface area contributed by atoms with Gasteiger partial charge in [-0.2, -0.15) is 0 Å². The van der Waals surface area contributed by atoms with Crippen molar-refractivity contribution in [1.82, 2.24) is 10.3 Å². The van der Waals surface area contributed by atoms with Gasteiger partial charge >= 0.3 is 11.7 Å². The molecular formula is C12H12N4O5. The van der Waals surface area contributed by atoms with Crippen LogP contribution in [0.5, 0.6) is 0 Å². The van der Waals surface area contributed by atoms with E-state index < -0.39 is 4.92 Å². The number of hydrogen-bond donors (Lipinski definition) is 0. The summed E-state index contributed by atoms with van der Waals surface area (Å²) in [5, 5.41) is 18.3. The maximum Gasteiger partial charge on any atom is 0.310 e. The molecule has 0 aliphatic carbocycles. The van der Waals surface area contributed by atoms with Crippen molar-refractivity contribution in [2.45, 2.75) is 6.42 Å². The molecule has 0 saturated carbocycles. The molecule has 1 aliphatic rings. The Kier molecular flexibility index (Phi) is 3.16. The number of benzene rings is 1. The molecular weight excluding hydrogens is 280 g/mol. The van der Waals surface area contributed by atoms with Gasteiger partial charge in [0.15, 0.2) is 5.52 Å². The molecule has 3 rings (SSSR count). The van der Waals surface area contributed by atoms with Gasteiger partial charge in [-0.3, -0.25) is 14.9 Å². The number of esters is 1. The fourth-order valence-electron chi connectivity index (χ4n) is 2.58. The third kappa shape index (κ3) is 2.16. The van der Waals surface area contributed by atoms with Crippen molar-refractivity contribution in [2.24, 2.45) is 5.92 Å². The molecule has 21 heavy (non-hydrogen) atoms. The minimum absolute atomic E-state index is 0.110. The Hall–Kier alpha value is -2.71. The Morgan fingerprint density at radius 3 is 2.95 bits per heavy atom. The molecule has 1 aromatic carbocycles. The minimum Gasteiger partial charge on any atom is -0.469 e. The molecule has 110 valence electrons. The van der Waals surface area contributed by atoms with Crippen molar-refractivity contribution in [1.29, 1.82) is 0 Å². The Bertz CT molecular complexity index is 713. The monoisotopic (exact) mass is 292 g/mol. The number of aromatic nitrogens is 2. The van der Waals surface area contributed by atoms with Crippen molar-refractivity contribution in [3.8, 4) is 0 Å². The van der Waals surface area contributed by atoms with Crippen LogP contribution in [0.3, 0.4) is 0 Å². The number of rotatable bonds is 3. The molecule has 1 saturated heterocycles. The predicted octanol–water partition coefficient (Wildman–Crippen LogP) is 1.13. The van der Waals surface area contributed by atoms with Gasteiger partial charge in [0.1, 0.15) is 0 Å². The highest BCUT2D eigenvalue weighted by molar-refractivity contribution is 5.94. The van der Waals surface area contributed by atoms with Crippen molar-refractivity contribution >= 4 is 28.4 Å². The molecule has 0 amide bonds. The van der Waals surface area contributed by atoms with Gasteiger partial charge in [0.25, 0.3) is 0 Å². The second kappa shape index (κ2) is 5.00. The van der Waals surface area contributed by atoms with Crippen LogP contribution in [0.1, 0.15) is 6.42 Å². The number of methoxy groups -OCH3 is 1. The summed E-state index contributed by atoms with van der Waals surface area (Å²) in [7, 11) is 1.36. The number of fused-ring (bicyclic) bond motifs is 1. The van der Waals surface area contributed by atoms with Crippen LogP contribution in [-0.4, -0.2) is 41.4 Å². The van der Waals surface area contributed by atoms with Crippen LogP contribution in [0.25, 0.3) is 11.0 Å². The topological polar surface area (TPSA) is 112 Å². The number of carbonyl (C=O) groups excluding carboxylic acids is 1. The molecule has 1 fully saturated rings. The molecule has 0 spiro atoms. The lowest BCUT2D eigenvalue weighted by molar-refractivity contribution is -0.383. The highest BCUT2D eigenvalue weighted by Gasteiger charge is 2.31. The highest BCUT2D eigenvalue weighted by Crippen LogP contribution is 2.33. The average Bonchev–Trinajstić information content (AvgIpc) is 3.14. The van der Waals surface area contributed by atoms with Gasteiger partial charge in [-0.1, -0.05) is 0 Å². The first-order valence-corrected chi connectivity index (χ1v) is 6.34. The normalized spacial score (nSPS) is 18.1. The summed E-state index contributed by atoms with van der Waals surface area (Å²) < 4.78 is 9.37. The Morgan fingerprint density at radius 1 is 1.48 bits per heavy atom. The van der Waals surface area contributed by atoms with Crippen molar-refractivity contribution in [2.75, 3.05) is 25.1 Å². The molecule has 1 aromatic heterocycles. The fourth-order valence-corrected chi connectivity index (χ4v) is 2.58. The summed E-state index contributed by atoms with van der Waals surface area (Å²) in [4.78, 5) is 23.9. The minimum atomic E-state index is -0.530. The van der Waals surface area contributed by atoms with E-state index in [2.05, 4.69) is 14.9 Å². The first kappa shape index (κ1) is 13.3. The summed E-state index contributed by atoms with van der Waals surface area (Å²) in [6, 6.07) is 2.97. The second-order valence-electron chi connectivity index (χ2n) is 4.78. The van der Waals surface area contributed by atoms with E-state index in [0.29, 0.717) is 30.7 Å². The van der Waals surface area contributed by atoms with E-state index in [1.165, 1.54) is 13.2 Å². The van der Waals surface area contributed by atoms with E-state index in [9.17, 15) is 14.9 Å². The maximum atomic E-state index is 11.6. The SMILES string of the molecule is COC(=O)C1CCN(c2ccc([N+](=O)[O-])c3nonc23)C1. The van der Waals surface area contributed by atoms with Gasteiger partial charge in [0.05, 0.1) is 23.6 Å².